The molecule has 2 heteroatoms. The molecule has 0 amide bonds. The highest BCUT2D eigenvalue weighted by Crippen LogP contribution is 2.42. The van der Waals surface area contributed by atoms with E-state index in [2.05, 4.69) is 12.1 Å². The molecule has 0 saturated heterocycles. The van der Waals surface area contributed by atoms with E-state index in [0.717, 1.165) is 37.8 Å². The fourth-order valence-electron chi connectivity index (χ4n) is 1.88. The van der Waals surface area contributed by atoms with Gasteiger partial charge in [-0.2, -0.15) is 0 Å². The van der Waals surface area contributed by atoms with Crippen molar-refractivity contribution in [3.8, 4) is 0 Å². The van der Waals surface area contributed by atoms with Gasteiger partial charge in [0.1, 0.15) is 5.67 Å². The van der Waals surface area contributed by atoms with E-state index in [1.54, 1.807) is 0 Å². The smallest absolute Gasteiger partial charge is 0.115 e. The second-order valence-corrected chi connectivity index (χ2v) is 4.54. The molecule has 0 atom stereocenters. The van der Waals surface area contributed by atoms with Crippen molar-refractivity contribution in [3.63, 3.8) is 0 Å². The van der Waals surface area contributed by atoms with E-state index < -0.39 is 5.67 Å². The molecule has 0 aromatic heterocycles. The first-order chi connectivity index (χ1) is 7.22. The van der Waals surface area contributed by atoms with Crippen molar-refractivity contribution in [2.45, 2.75) is 37.8 Å². The molecule has 1 aromatic rings. The van der Waals surface area contributed by atoms with E-state index in [1.807, 2.05) is 12.1 Å². The Hall–Kier alpha value is -0.890. The zero-order valence-corrected chi connectivity index (χ0v) is 9.01. The molecule has 0 aliphatic heterocycles. The van der Waals surface area contributed by atoms with Crippen LogP contribution in [-0.4, -0.2) is 12.2 Å². The van der Waals surface area contributed by atoms with Gasteiger partial charge in [0.2, 0.25) is 0 Å². The molecule has 1 fully saturated rings. The monoisotopic (exact) mass is 207 g/mol. The Morgan fingerprint density at radius 1 is 1.27 bits per heavy atom. The summed E-state index contributed by atoms with van der Waals surface area (Å²) in [6, 6.07) is 8.25. The number of halogens is 1. The third kappa shape index (κ3) is 3.03. The lowest BCUT2D eigenvalue weighted by atomic mass is 10.0. The normalized spacial score (nSPS) is 17.7. The van der Waals surface area contributed by atoms with Gasteiger partial charge in [-0.05, 0) is 43.4 Å². The van der Waals surface area contributed by atoms with Crippen molar-refractivity contribution in [1.29, 1.82) is 0 Å². The quantitative estimate of drug-likeness (QED) is 0.789. The van der Waals surface area contributed by atoms with Gasteiger partial charge < -0.3 is 5.73 Å². The average Bonchev–Trinajstić information content (AvgIpc) is 2.93. The molecule has 1 aliphatic carbocycles. The van der Waals surface area contributed by atoms with Crippen LogP contribution >= 0.6 is 0 Å². The maximum absolute atomic E-state index is 13.5. The zero-order valence-electron chi connectivity index (χ0n) is 9.01. The van der Waals surface area contributed by atoms with E-state index in [1.165, 1.54) is 5.56 Å². The molecule has 0 radical (unpaired) electrons. The first-order valence-corrected chi connectivity index (χ1v) is 5.69. The van der Waals surface area contributed by atoms with Gasteiger partial charge >= 0.3 is 0 Å². The fourth-order valence-corrected chi connectivity index (χ4v) is 1.88. The summed E-state index contributed by atoms with van der Waals surface area (Å²) in [4.78, 5) is 0. The highest BCUT2D eigenvalue weighted by atomic mass is 19.1. The molecule has 0 unspecified atom stereocenters. The van der Waals surface area contributed by atoms with Crippen LogP contribution in [0.1, 0.15) is 30.4 Å². The molecule has 0 heterocycles. The van der Waals surface area contributed by atoms with Gasteiger partial charge in [0.15, 0.2) is 0 Å². The highest BCUT2D eigenvalue weighted by Gasteiger charge is 2.42. The Kier molecular flexibility index (Phi) is 3.06. The van der Waals surface area contributed by atoms with Crippen molar-refractivity contribution in [3.05, 3.63) is 35.4 Å². The van der Waals surface area contributed by atoms with Crippen LogP contribution in [0, 0.1) is 0 Å². The number of rotatable bonds is 5. The van der Waals surface area contributed by atoms with E-state index >= 15 is 0 Å². The van der Waals surface area contributed by atoms with Crippen LogP contribution in [0.4, 0.5) is 4.39 Å². The molecule has 0 bridgehead atoms. The van der Waals surface area contributed by atoms with E-state index in [0.29, 0.717) is 6.42 Å². The molecule has 1 nitrogen and oxygen atoms in total. The molecule has 82 valence electrons. The predicted octanol–water partition coefficient (Wildman–Crippen LogP) is 2.62. The summed E-state index contributed by atoms with van der Waals surface area (Å²) in [5.41, 5.74) is 6.99. The topological polar surface area (TPSA) is 26.0 Å². The van der Waals surface area contributed by atoms with E-state index in [-0.39, 0.29) is 0 Å². The first-order valence-electron chi connectivity index (χ1n) is 5.69. The Bertz CT molecular complexity index is 331. The molecule has 1 saturated carbocycles. The van der Waals surface area contributed by atoms with Gasteiger partial charge in [-0.15, -0.1) is 0 Å². The van der Waals surface area contributed by atoms with Gasteiger partial charge in [0.05, 0.1) is 0 Å². The lowest BCUT2D eigenvalue weighted by molar-refractivity contribution is 0.308. The molecule has 1 aromatic carbocycles. The number of nitrogens with two attached hydrogens (primary N) is 1. The number of hydrogen-bond donors (Lipinski definition) is 1. The molecule has 0 spiro atoms. The van der Waals surface area contributed by atoms with Gasteiger partial charge in [0, 0.05) is 6.42 Å². The summed E-state index contributed by atoms with van der Waals surface area (Å²) in [6.45, 7) is 0.720. The molecule has 2 rings (SSSR count). The van der Waals surface area contributed by atoms with Gasteiger partial charge in [-0.3, -0.25) is 0 Å². The second-order valence-electron chi connectivity index (χ2n) is 4.54. The molecular weight excluding hydrogens is 189 g/mol. The van der Waals surface area contributed by atoms with Crippen LogP contribution in [0.3, 0.4) is 0 Å². The number of hydrogen-bond acceptors (Lipinski definition) is 1. The zero-order chi connectivity index (χ0) is 10.7. The van der Waals surface area contributed by atoms with E-state index in [4.69, 9.17) is 5.73 Å². The Morgan fingerprint density at radius 3 is 2.67 bits per heavy atom. The second kappa shape index (κ2) is 4.31. The van der Waals surface area contributed by atoms with Crippen LogP contribution in [-0.2, 0) is 12.8 Å². The van der Waals surface area contributed by atoms with Crippen molar-refractivity contribution in [2.24, 2.45) is 5.73 Å². The third-order valence-corrected chi connectivity index (χ3v) is 2.97. The largest absolute Gasteiger partial charge is 0.330 e. The molecule has 15 heavy (non-hydrogen) atoms. The number of alkyl halides is 1. The minimum Gasteiger partial charge on any atom is -0.330 e. The lowest BCUT2D eigenvalue weighted by Gasteiger charge is -2.07. The van der Waals surface area contributed by atoms with Crippen molar-refractivity contribution in [1.82, 2.24) is 0 Å². The summed E-state index contributed by atoms with van der Waals surface area (Å²) < 4.78 is 13.5. The maximum atomic E-state index is 13.5. The number of aryl methyl sites for hydroxylation is 1. The minimum absolute atomic E-state index is 0.587. The SMILES string of the molecule is NCCCc1cccc(CC2(F)CC2)c1. The van der Waals surface area contributed by atoms with Crippen molar-refractivity contribution in [2.75, 3.05) is 6.54 Å². The fraction of sp³-hybridized carbons (Fsp3) is 0.538. The van der Waals surface area contributed by atoms with Crippen LogP contribution in [0.15, 0.2) is 24.3 Å². The highest BCUT2D eigenvalue weighted by molar-refractivity contribution is 5.26. The summed E-state index contributed by atoms with van der Waals surface area (Å²) in [6.07, 6.45) is 4.07. The third-order valence-electron chi connectivity index (χ3n) is 2.97. The van der Waals surface area contributed by atoms with Crippen molar-refractivity contribution >= 4 is 0 Å². The Morgan fingerprint density at radius 2 is 2.00 bits per heavy atom. The standard InChI is InChI=1S/C13H18FN/c14-13(6-7-13)10-12-4-1-3-11(9-12)5-2-8-15/h1,3-4,9H,2,5-8,10,15H2. The lowest BCUT2D eigenvalue weighted by Crippen LogP contribution is -2.05. The van der Waals surface area contributed by atoms with Gasteiger partial charge in [-0.25, -0.2) is 4.39 Å². The minimum atomic E-state index is -0.882. The summed E-state index contributed by atoms with van der Waals surface area (Å²) in [5, 5.41) is 0. The predicted molar refractivity (Wildman–Crippen MR) is 60.6 cm³/mol. The van der Waals surface area contributed by atoms with Gasteiger partial charge in [-0.1, -0.05) is 24.3 Å². The van der Waals surface area contributed by atoms with Crippen LogP contribution < -0.4 is 5.73 Å². The average molecular weight is 207 g/mol. The number of benzene rings is 1. The van der Waals surface area contributed by atoms with Crippen LogP contribution in [0.25, 0.3) is 0 Å². The summed E-state index contributed by atoms with van der Waals surface area (Å²) >= 11 is 0. The first kappa shape index (κ1) is 10.6. The summed E-state index contributed by atoms with van der Waals surface area (Å²) in [7, 11) is 0. The van der Waals surface area contributed by atoms with Gasteiger partial charge in [0.25, 0.3) is 0 Å². The van der Waals surface area contributed by atoms with Crippen LogP contribution in [0.2, 0.25) is 0 Å². The molecule has 2 N–H and O–H groups in total. The molecule has 1 aliphatic rings. The van der Waals surface area contributed by atoms with E-state index in [9.17, 15) is 4.39 Å². The van der Waals surface area contributed by atoms with Crippen LogP contribution in [0.5, 0.6) is 0 Å². The maximum Gasteiger partial charge on any atom is 0.115 e. The Labute approximate surface area is 90.5 Å². The summed E-state index contributed by atoms with van der Waals surface area (Å²) in [5.74, 6) is 0. The van der Waals surface area contributed by atoms with Crippen molar-refractivity contribution < 1.29 is 4.39 Å². The molecular formula is C13H18FN. The Balaban J connectivity index is 1.98.